The molecule has 0 aromatic heterocycles. The second-order valence-electron chi connectivity index (χ2n) is 13.3. The summed E-state index contributed by atoms with van der Waals surface area (Å²) < 4.78 is 5.86. The van der Waals surface area contributed by atoms with Gasteiger partial charge in [0.1, 0.15) is 0 Å². The standard InChI is InChI=1S/C28H48O6/c1-14(2)15(3)24(31)25(32)16(4)18-7-8-19-17-13-34-26(33)21-11-22(29)23(30)12-28(21,6)20(17)9-10-27(18,19)5/h14-25,29-32H,7-13H2,1-6H3/t15-,16+,17+,18-,19+,20+,21-,22+,23-,24-,25-,27-,28-/m0/s1. The third-order valence-corrected chi connectivity index (χ3v) is 11.5. The zero-order valence-corrected chi connectivity index (χ0v) is 22.0. The summed E-state index contributed by atoms with van der Waals surface area (Å²) >= 11 is 0. The fourth-order valence-corrected chi connectivity index (χ4v) is 8.95. The summed E-state index contributed by atoms with van der Waals surface area (Å²) in [7, 11) is 0. The number of hydrogen-bond donors (Lipinski definition) is 4. The Kier molecular flexibility index (Phi) is 7.23. The summed E-state index contributed by atoms with van der Waals surface area (Å²) in [6.07, 6.45) is 1.61. The fourth-order valence-electron chi connectivity index (χ4n) is 8.95. The van der Waals surface area contributed by atoms with Crippen molar-refractivity contribution < 1.29 is 30.0 Å². The van der Waals surface area contributed by atoms with Crippen LogP contribution in [0, 0.1) is 58.2 Å². The SMILES string of the molecule is CC(C)[C@H](C)[C@H](O)[C@@H](O)[C@H](C)[C@@H]1CC[C@@H]2[C@H]3COC(=O)[C@@H]4C[C@@H](O)[C@@H](O)C[C@@]4(C)[C@@H]3CC[C@]21C. The lowest BCUT2D eigenvalue weighted by Crippen LogP contribution is -2.55. The molecule has 3 saturated carbocycles. The zero-order chi connectivity index (χ0) is 25.2. The highest BCUT2D eigenvalue weighted by Crippen LogP contribution is 2.66. The van der Waals surface area contributed by atoms with E-state index in [0.29, 0.717) is 30.8 Å². The molecular weight excluding hydrogens is 432 g/mol. The molecule has 4 N–H and O–H groups in total. The van der Waals surface area contributed by atoms with Crippen LogP contribution in [0.3, 0.4) is 0 Å². The number of hydrogen-bond acceptors (Lipinski definition) is 6. The second kappa shape index (κ2) is 9.32. The highest BCUT2D eigenvalue weighted by atomic mass is 16.5. The van der Waals surface area contributed by atoms with E-state index in [4.69, 9.17) is 4.74 Å². The quantitative estimate of drug-likeness (QED) is 0.450. The van der Waals surface area contributed by atoms with Gasteiger partial charge in [0.05, 0.1) is 36.9 Å². The van der Waals surface area contributed by atoms with Crippen molar-refractivity contribution in [3.05, 3.63) is 0 Å². The van der Waals surface area contributed by atoms with Crippen LogP contribution in [-0.4, -0.2) is 57.4 Å². The van der Waals surface area contributed by atoms with E-state index < -0.39 is 24.4 Å². The van der Waals surface area contributed by atoms with Crippen molar-refractivity contribution in [1.82, 2.24) is 0 Å². The number of cyclic esters (lactones) is 1. The van der Waals surface area contributed by atoms with E-state index in [0.717, 1.165) is 25.7 Å². The molecule has 0 aromatic carbocycles. The van der Waals surface area contributed by atoms with Gasteiger partial charge >= 0.3 is 5.97 Å². The van der Waals surface area contributed by atoms with Crippen LogP contribution >= 0.6 is 0 Å². The van der Waals surface area contributed by atoms with Crippen LogP contribution < -0.4 is 0 Å². The molecule has 0 amide bonds. The molecule has 34 heavy (non-hydrogen) atoms. The van der Waals surface area contributed by atoms with Crippen LogP contribution in [0.2, 0.25) is 0 Å². The molecule has 1 heterocycles. The molecule has 196 valence electrons. The first-order valence-electron chi connectivity index (χ1n) is 13.7. The number of ether oxygens (including phenoxy) is 1. The zero-order valence-electron chi connectivity index (χ0n) is 22.0. The molecule has 0 unspecified atom stereocenters. The van der Waals surface area contributed by atoms with Crippen LogP contribution in [0.5, 0.6) is 0 Å². The van der Waals surface area contributed by atoms with Gasteiger partial charge in [-0.2, -0.15) is 0 Å². The Morgan fingerprint density at radius 2 is 1.56 bits per heavy atom. The predicted molar refractivity (Wildman–Crippen MR) is 130 cm³/mol. The maximum Gasteiger partial charge on any atom is 0.309 e. The average Bonchev–Trinajstić information content (AvgIpc) is 3.09. The van der Waals surface area contributed by atoms with E-state index in [1.165, 1.54) is 0 Å². The Labute approximate surface area is 205 Å². The minimum Gasteiger partial charge on any atom is -0.465 e. The number of fused-ring (bicyclic) bond motifs is 5. The minimum atomic E-state index is -0.867. The molecule has 6 nitrogen and oxygen atoms in total. The second-order valence-corrected chi connectivity index (χ2v) is 13.3. The van der Waals surface area contributed by atoms with Gasteiger partial charge in [-0.1, -0.05) is 41.5 Å². The number of aliphatic hydroxyl groups is 4. The lowest BCUT2D eigenvalue weighted by molar-refractivity contribution is -0.162. The van der Waals surface area contributed by atoms with Crippen LogP contribution in [0.4, 0.5) is 0 Å². The third kappa shape index (κ3) is 4.05. The first-order valence-corrected chi connectivity index (χ1v) is 13.7. The molecule has 0 aromatic rings. The smallest absolute Gasteiger partial charge is 0.309 e. The average molecular weight is 481 g/mol. The summed E-state index contributed by atoms with van der Waals surface area (Å²) in [4.78, 5) is 13.0. The number of aliphatic hydroxyl groups excluding tert-OH is 4. The fraction of sp³-hybridized carbons (Fsp3) is 0.964. The first-order chi connectivity index (χ1) is 15.8. The van der Waals surface area contributed by atoms with Gasteiger partial charge in [0.2, 0.25) is 0 Å². The summed E-state index contributed by atoms with van der Waals surface area (Å²) in [5, 5.41) is 42.9. The first kappa shape index (κ1) is 26.4. The molecule has 0 radical (unpaired) electrons. The van der Waals surface area contributed by atoms with Gasteiger partial charge in [0, 0.05) is 0 Å². The van der Waals surface area contributed by atoms with Gasteiger partial charge < -0.3 is 25.2 Å². The molecule has 6 heteroatoms. The van der Waals surface area contributed by atoms with Gasteiger partial charge in [-0.15, -0.1) is 0 Å². The Morgan fingerprint density at radius 3 is 2.21 bits per heavy atom. The molecule has 3 aliphatic carbocycles. The number of esters is 1. The van der Waals surface area contributed by atoms with Gasteiger partial charge in [-0.3, -0.25) is 4.79 Å². The Bertz CT molecular complexity index is 755. The molecule has 0 bridgehead atoms. The highest BCUT2D eigenvalue weighted by Gasteiger charge is 2.63. The van der Waals surface area contributed by atoms with Gasteiger partial charge in [-0.25, -0.2) is 0 Å². The van der Waals surface area contributed by atoms with E-state index >= 15 is 0 Å². The van der Waals surface area contributed by atoms with Gasteiger partial charge in [-0.05, 0) is 90.8 Å². The summed E-state index contributed by atoms with van der Waals surface area (Å²) in [5.41, 5.74) is -0.345. The van der Waals surface area contributed by atoms with E-state index in [1.807, 2.05) is 6.92 Å². The van der Waals surface area contributed by atoms with Crippen molar-refractivity contribution in [2.75, 3.05) is 6.61 Å². The van der Waals surface area contributed by atoms with E-state index in [9.17, 15) is 25.2 Å². The molecule has 4 rings (SSSR count). The van der Waals surface area contributed by atoms with Crippen molar-refractivity contribution in [1.29, 1.82) is 0 Å². The topological polar surface area (TPSA) is 107 Å². The Morgan fingerprint density at radius 1 is 0.912 bits per heavy atom. The van der Waals surface area contributed by atoms with Crippen molar-refractivity contribution >= 4 is 5.97 Å². The molecule has 1 saturated heterocycles. The van der Waals surface area contributed by atoms with Crippen molar-refractivity contribution in [3.63, 3.8) is 0 Å². The molecular formula is C28H48O6. The normalized spacial score (nSPS) is 48.1. The minimum absolute atomic E-state index is 0.00827. The van der Waals surface area contributed by atoms with Crippen molar-refractivity contribution in [2.24, 2.45) is 58.2 Å². The van der Waals surface area contributed by atoms with E-state index in [-0.39, 0.29) is 52.8 Å². The molecule has 4 aliphatic rings. The maximum atomic E-state index is 13.0. The van der Waals surface area contributed by atoms with E-state index in [1.54, 1.807) is 0 Å². The van der Waals surface area contributed by atoms with Crippen LogP contribution in [-0.2, 0) is 9.53 Å². The lowest BCUT2D eigenvalue weighted by Gasteiger charge is -2.56. The molecule has 0 spiro atoms. The largest absolute Gasteiger partial charge is 0.465 e. The van der Waals surface area contributed by atoms with Crippen LogP contribution in [0.1, 0.15) is 80.1 Å². The summed E-state index contributed by atoms with van der Waals surface area (Å²) in [6, 6.07) is 0. The predicted octanol–water partition coefficient (Wildman–Crippen LogP) is 3.39. The Balaban J connectivity index is 1.58. The van der Waals surface area contributed by atoms with Crippen molar-refractivity contribution in [3.8, 4) is 0 Å². The third-order valence-electron chi connectivity index (χ3n) is 11.5. The molecule has 1 aliphatic heterocycles. The molecule has 13 atom stereocenters. The Hall–Kier alpha value is -0.690. The van der Waals surface area contributed by atoms with Gasteiger partial charge in [0.25, 0.3) is 0 Å². The molecule has 4 fully saturated rings. The van der Waals surface area contributed by atoms with Crippen LogP contribution in [0.25, 0.3) is 0 Å². The lowest BCUT2D eigenvalue weighted by atomic mass is 9.48. The monoisotopic (exact) mass is 480 g/mol. The van der Waals surface area contributed by atoms with E-state index in [2.05, 4.69) is 34.6 Å². The summed E-state index contributed by atoms with van der Waals surface area (Å²) in [6.45, 7) is 13.2. The number of carbonyl (C=O) groups excluding carboxylic acids is 1. The summed E-state index contributed by atoms with van der Waals surface area (Å²) in [5.74, 6) is 0.948. The van der Waals surface area contributed by atoms with Crippen molar-refractivity contribution in [2.45, 2.75) is 104 Å². The highest BCUT2D eigenvalue weighted by molar-refractivity contribution is 5.74. The number of rotatable bonds is 5. The van der Waals surface area contributed by atoms with Crippen LogP contribution in [0.15, 0.2) is 0 Å². The van der Waals surface area contributed by atoms with Gasteiger partial charge in [0.15, 0.2) is 0 Å². The maximum absolute atomic E-state index is 13.0. The number of carbonyl (C=O) groups is 1.